The topological polar surface area (TPSA) is 55.6 Å². The second-order valence-corrected chi connectivity index (χ2v) is 5.13. The highest BCUT2D eigenvalue weighted by molar-refractivity contribution is 5.79. The van der Waals surface area contributed by atoms with E-state index in [4.69, 9.17) is 10.5 Å². The highest BCUT2D eigenvalue weighted by Gasteiger charge is 2.40. The highest BCUT2D eigenvalue weighted by atomic mass is 19.3. The number of halogens is 2. The number of hydrogen-bond acceptors (Lipinski definition) is 3. The summed E-state index contributed by atoms with van der Waals surface area (Å²) in [6.07, 6.45) is 0.197. The summed E-state index contributed by atoms with van der Waals surface area (Å²) >= 11 is 0. The number of alkyl halides is 2. The lowest BCUT2D eigenvalue weighted by Crippen LogP contribution is -2.54. The lowest BCUT2D eigenvalue weighted by atomic mass is 9.85. The Balaban J connectivity index is 1.94. The maximum absolute atomic E-state index is 13.1. The van der Waals surface area contributed by atoms with Gasteiger partial charge in [-0.2, -0.15) is 0 Å². The standard InChI is InChI=1S/C12H20F2N2O2/c13-12(14)3-1-9(2-4-12)11(17)16-5-6-18-8-10(16)7-15/h9-10H,1-8,15H2. The predicted molar refractivity (Wildman–Crippen MR) is 62.3 cm³/mol. The number of nitrogens with two attached hydrogens (primary N) is 1. The zero-order chi connectivity index (χ0) is 13.2. The van der Waals surface area contributed by atoms with Crippen LogP contribution >= 0.6 is 0 Å². The summed E-state index contributed by atoms with van der Waals surface area (Å²) in [5.41, 5.74) is 5.61. The summed E-state index contributed by atoms with van der Waals surface area (Å²) in [7, 11) is 0. The molecule has 0 spiro atoms. The Morgan fingerprint density at radius 3 is 2.67 bits per heavy atom. The molecule has 2 rings (SSSR count). The van der Waals surface area contributed by atoms with Gasteiger partial charge < -0.3 is 15.4 Å². The molecule has 1 atom stereocenters. The van der Waals surface area contributed by atoms with Crippen LogP contribution in [0.4, 0.5) is 8.78 Å². The fourth-order valence-corrected chi connectivity index (χ4v) is 2.66. The first-order valence-electron chi connectivity index (χ1n) is 6.49. The fraction of sp³-hybridized carbons (Fsp3) is 0.917. The molecule has 1 aliphatic carbocycles. The number of morpholine rings is 1. The van der Waals surface area contributed by atoms with Crippen molar-refractivity contribution >= 4 is 5.91 Å². The van der Waals surface area contributed by atoms with Gasteiger partial charge in [0.25, 0.3) is 0 Å². The third kappa shape index (κ3) is 2.98. The summed E-state index contributed by atoms with van der Waals surface area (Å²) < 4.78 is 31.4. The zero-order valence-corrected chi connectivity index (χ0v) is 10.4. The number of carbonyl (C=O) groups is 1. The van der Waals surface area contributed by atoms with E-state index in [9.17, 15) is 13.6 Å². The van der Waals surface area contributed by atoms with Crippen molar-refractivity contribution in [2.75, 3.05) is 26.3 Å². The van der Waals surface area contributed by atoms with Gasteiger partial charge >= 0.3 is 0 Å². The average molecular weight is 262 g/mol. The van der Waals surface area contributed by atoms with Gasteiger partial charge in [0.2, 0.25) is 11.8 Å². The number of rotatable bonds is 2. The van der Waals surface area contributed by atoms with Crippen molar-refractivity contribution in [2.45, 2.75) is 37.6 Å². The third-order valence-corrected chi connectivity index (χ3v) is 3.85. The minimum absolute atomic E-state index is 0.0238. The SMILES string of the molecule is NCC1COCCN1C(=O)C1CCC(F)(F)CC1. The zero-order valence-electron chi connectivity index (χ0n) is 10.4. The Labute approximate surface area is 105 Å². The second kappa shape index (κ2) is 5.48. The van der Waals surface area contributed by atoms with Crippen LogP contribution in [0.15, 0.2) is 0 Å². The van der Waals surface area contributed by atoms with Crippen LogP contribution in [-0.2, 0) is 9.53 Å². The van der Waals surface area contributed by atoms with E-state index < -0.39 is 5.92 Å². The van der Waals surface area contributed by atoms with Gasteiger partial charge in [-0.3, -0.25) is 4.79 Å². The third-order valence-electron chi connectivity index (χ3n) is 3.85. The molecule has 4 nitrogen and oxygen atoms in total. The van der Waals surface area contributed by atoms with Gasteiger partial charge in [-0.15, -0.1) is 0 Å². The van der Waals surface area contributed by atoms with Gasteiger partial charge in [-0.1, -0.05) is 0 Å². The molecule has 0 aromatic carbocycles. The summed E-state index contributed by atoms with van der Waals surface area (Å²) in [5, 5.41) is 0. The van der Waals surface area contributed by atoms with Crippen LogP contribution in [-0.4, -0.2) is 49.1 Å². The van der Waals surface area contributed by atoms with Gasteiger partial charge in [-0.25, -0.2) is 8.78 Å². The Morgan fingerprint density at radius 2 is 2.06 bits per heavy atom. The van der Waals surface area contributed by atoms with E-state index in [1.807, 2.05) is 0 Å². The van der Waals surface area contributed by atoms with Crippen molar-refractivity contribution in [2.24, 2.45) is 11.7 Å². The van der Waals surface area contributed by atoms with Crippen LogP contribution < -0.4 is 5.73 Å². The van der Waals surface area contributed by atoms with E-state index >= 15 is 0 Å². The van der Waals surface area contributed by atoms with Gasteiger partial charge in [0.15, 0.2) is 0 Å². The molecule has 1 amide bonds. The quantitative estimate of drug-likeness (QED) is 0.807. The Morgan fingerprint density at radius 1 is 1.39 bits per heavy atom. The van der Waals surface area contributed by atoms with Crippen molar-refractivity contribution < 1.29 is 18.3 Å². The van der Waals surface area contributed by atoms with E-state index in [1.165, 1.54) is 0 Å². The molecule has 0 aromatic heterocycles. The van der Waals surface area contributed by atoms with Crippen molar-refractivity contribution in [3.05, 3.63) is 0 Å². The van der Waals surface area contributed by atoms with Crippen molar-refractivity contribution in [1.29, 1.82) is 0 Å². The fourth-order valence-electron chi connectivity index (χ4n) is 2.66. The average Bonchev–Trinajstić information content (AvgIpc) is 2.38. The van der Waals surface area contributed by atoms with E-state index in [2.05, 4.69) is 0 Å². The number of carbonyl (C=O) groups excluding carboxylic acids is 1. The Hall–Kier alpha value is -0.750. The lowest BCUT2D eigenvalue weighted by Gasteiger charge is -2.38. The molecule has 2 N–H and O–H groups in total. The van der Waals surface area contributed by atoms with Gasteiger partial charge in [-0.05, 0) is 12.8 Å². The molecule has 2 fully saturated rings. The molecule has 0 bridgehead atoms. The van der Waals surface area contributed by atoms with E-state index in [-0.39, 0.29) is 43.6 Å². The first-order valence-corrected chi connectivity index (χ1v) is 6.49. The molecule has 0 aromatic rings. The summed E-state index contributed by atoms with van der Waals surface area (Å²) in [5.74, 6) is -2.88. The molecule has 6 heteroatoms. The van der Waals surface area contributed by atoms with Gasteiger partial charge in [0.05, 0.1) is 19.3 Å². The highest BCUT2D eigenvalue weighted by Crippen LogP contribution is 2.37. The molecule has 1 heterocycles. The monoisotopic (exact) mass is 262 g/mol. The van der Waals surface area contributed by atoms with Crippen LogP contribution in [0.2, 0.25) is 0 Å². The Bertz CT molecular complexity index is 302. The molecule has 0 radical (unpaired) electrons. The first-order chi connectivity index (χ1) is 8.53. The summed E-state index contributed by atoms with van der Waals surface area (Å²) in [4.78, 5) is 14.0. The van der Waals surface area contributed by atoms with Crippen LogP contribution in [0, 0.1) is 5.92 Å². The van der Waals surface area contributed by atoms with E-state index in [0.29, 0.717) is 26.3 Å². The van der Waals surface area contributed by atoms with E-state index in [0.717, 1.165) is 0 Å². The number of nitrogens with zero attached hydrogens (tertiary/aromatic N) is 1. The van der Waals surface area contributed by atoms with Crippen LogP contribution in [0.25, 0.3) is 0 Å². The van der Waals surface area contributed by atoms with E-state index in [1.54, 1.807) is 4.90 Å². The molecule has 104 valence electrons. The van der Waals surface area contributed by atoms with Crippen molar-refractivity contribution in [3.8, 4) is 0 Å². The minimum atomic E-state index is -2.59. The molecule has 18 heavy (non-hydrogen) atoms. The molecule has 1 aliphatic heterocycles. The normalized spacial score (nSPS) is 29.3. The molecular weight excluding hydrogens is 242 g/mol. The smallest absolute Gasteiger partial charge is 0.248 e. The maximum Gasteiger partial charge on any atom is 0.248 e. The van der Waals surface area contributed by atoms with Gasteiger partial charge in [0.1, 0.15) is 0 Å². The lowest BCUT2D eigenvalue weighted by molar-refractivity contribution is -0.147. The maximum atomic E-state index is 13.1. The number of ether oxygens (including phenoxy) is 1. The predicted octanol–water partition coefficient (Wildman–Crippen LogP) is 0.998. The molecule has 1 saturated carbocycles. The van der Waals surface area contributed by atoms with Crippen LogP contribution in [0.1, 0.15) is 25.7 Å². The number of hydrogen-bond donors (Lipinski definition) is 1. The largest absolute Gasteiger partial charge is 0.377 e. The molecule has 1 unspecified atom stereocenters. The summed E-state index contributed by atoms with van der Waals surface area (Å²) in [6.45, 7) is 1.83. The van der Waals surface area contributed by atoms with Gasteiger partial charge in [0, 0.05) is 31.8 Å². The molecular formula is C12H20F2N2O2. The second-order valence-electron chi connectivity index (χ2n) is 5.13. The van der Waals surface area contributed by atoms with Crippen molar-refractivity contribution in [3.63, 3.8) is 0 Å². The molecule has 2 aliphatic rings. The molecule has 1 saturated heterocycles. The Kier molecular flexibility index (Phi) is 4.17. The van der Waals surface area contributed by atoms with Crippen LogP contribution in [0.5, 0.6) is 0 Å². The van der Waals surface area contributed by atoms with Crippen molar-refractivity contribution in [1.82, 2.24) is 4.90 Å². The first kappa shape index (κ1) is 13.7. The number of amides is 1. The van der Waals surface area contributed by atoms with Crippen LogP contribution in [0.3, 0.4) is 0 Å². The summed E-state index contributed by atoms with van der Waals surface area (Å²) in [6, 6.07) is -0.103. The minimum Gasteiger partial charge on any atom is -0.377 e.